The van der Waals surface area contributed by atoms with Crippen LogP contribution in [0.25, 0.3) is 0 Å². The molecule has 0 heterocycles. The van der Waals surface area contributed by atoms with Gasteiger partial charge in [-0.3, -0.25) is 14.4 Å². The standard InChI is InChI=1S/C24H20Cl2N4O4/c1-15-2-6-17(7-3-15)28-22(31)14-34-19-9-4-16(5-10-19)13-27-30-24(33)23(32)29-18-8-11-20(25)21(26)12-18/h2-13H,14H2,1H3,(H,28,31)(H,29,32)(H,30,33)/b27-13-. The first-order chi connectivity index (χ1) is 16.3. The van der Waals surface area contributed by atoms with Gasteiger partial charge in [0.2, 0.25) is 0 Å². The fraction of sp³-hybridized carbons (Fsp3) is 0.0833. The summed E-state index contributed by atoms with van der Waals surface area (Å²) in [5.41, 5.74) is 4.89. The number of halogens is 2. The van der Waals surface area contributed by atoms with Gasteiger partial charge in [-0.25, -0.2) is 5.43 Å². The predicted molar refractivity (Wildman–Crippen MR) is 133 cm³/mol. The highest BCUT2D eigenvalue weighted by atomic mass is 35.5. The number of hydrazone groups is 1. The molecule has 10 heteroatoms. The molecular formula is C24H20Cl2N4O4. The molecule has 3 amide bonds. The lowest BCUT2D eigenvalue weighted by Crippen LogP contribution is -2.32. The zero-order valence-electron chi connectivity index (χ0n) is 18.0. The van der Waals surface area contributed by atoms with E-state index in [9.17, 15) is 14.4 Å². The van der Waals surface area contributed by atoms with Crippen LogP contribution in [0.1, 0.15) is 11.1 Å². The number of carbonyl (C=O) groups excluding carboxylic acids is 3. The van der Waals surface area contributed by atoms with Crippen LogP contribution >= 0.6 is 23.2 Å². The van der Waals surface area contributed by atoms with Crippen molar-refractivity contribution in [2.24, 2.45) is 5.10 Å². The molecule has 0 atom stereocenters. The van der Waals surface area contributed by atoms with Gasteiger partial charge in [-0.2, -0.15) is 5.10 Å². The van der Waals surface area contributed by atoms with E-state index in [-0.39, 0.29) is 17.5 Å². The van der Waals surface area contributed by atoms with Crippen LogP contribution in [0, 0.1) is 6.92 Å². The maximum atomic E-state index is 12.0. The summed E-state index contributed by atoms with van der Waals surface area (Å²) in [5.74, 6) is -1.66. The Kier molecular flexibility index (Phi) is 8.61. The second-order valence-electron chi connectivity index (χ2n) is 7.05. The second-order valence-corrected chi connectivity index (χ2v) is 7.87. The summed E-state index contributed by atoms with van der Waals surface area (Å²) >= 11 is 11.7. The molecule has 34 heavy (non-hydrogen) atoms. The Hall–Kier alpha value is -3.88. The van der Waals surface area contributed by atoms with Crippen molar-refractivity contribution in [2.45, 2.75) is 6.92 Å². The van der Waals surface area contributed by atoms with Gasteiger partial charge in [0.15, 0.2) is 6.61 Å². The lowest BCUT2D eigenvalue weighted by Gasteiger charge is -2.08. The molecule has 0 fully saturated rings. The van der Waals surface area contributed by atoms with Crippen LogP contribution in [-0.4, -0.2) is 30.5 Å². The lowest BCUT2D eigenvalue weighted by molar-refractivity contribution is -0.136. The molecule has 0 aliphatic carbocycles. The number of rotatable bonds is 7. The van der Waals surface area contributed by atoms with Crippen molar-refractivity contribution in [1.29, 1.82) is 0 Å². The second kappa shape index (κ2) is 11.8. The number of anilines is 2. The minimum Gasteiger partial charge on any atom is -0.484 e. The molecule has 0 saturated heterocycles. The van der Waals surface area contributed by atoms with E-state index in [1.165, 1.54) is 24.4 Å². The SMILES string of the molecule is Cc1ccc(NC(=O)COc2ccc(/C=N\NC(=O)C(=O)Nc3ccc(Cl)c(Cl)c3)cc2)cc1. The zero-order chi connectivity index (χ0) is 24.5. The number of nitrogens with zero attached hydrogens (tertiary/aromatic N) is 1. The Morgan fingerprint density at radius 1 is 0.853 bits per heavy atom. The lowest BCUT2D eigenvalue weighted by atomic mass is 10.2. The van der Waals surface area contributed by atoms with E-state index in [2.05, 4.69) is 21.2 Å². The minimum atomic E-state index is -0.957. The molecule has 0 radical (unpaired) electrons. The van der Waals surface area contributed by atoms with Crippen LogP contribution in [0.15, 0.2) is 71.8 Å². The van der Waals surface area contributed by atoms with Crippen LogP contribution < -0.4 is 20.8 Å². The molecule has 0 aromatic heterocycles. The number of benzene rings is 3. The van der Waals surface area contributed by atoms with E-state index in [4.69, 9.17) is 27.9 Å². The average Bonchev–Trinajstić information content (AvgIpc) is 2.82. The highest BCUT2D eigenvalue weighted by Crippen LogP contribution is 2.24. The summed E-state index contributed by atoms with van der Waals surface area (Å²) in [6.45, 7) is 1.82. The maximum absolute atomic E-state index is 12.0. The first-order valence-corrected chi connectivity index (χ1v) is 10.7. The largest absolute Gasteiger partial charge is 0.484 e. The van der Waals surface area contributed by atoms with E-state index >= 15 is 0 Å². The van der Waals surface area contributed by atoms with Crippen molar-refractivity contribution in [2.75, 3.05) is 17.2 Å². The smallest absolute Gasteiger partial charge is 0.329 e. The van der Waals surface area contributed by atoms with Gasteiger partial charge in [-0.05, 0) is 67.1 Å². The molecule has 3 aromatic carbocycles. The average molecular weight is 499 g/mol. The number of hydrogen-bond acceptors (Lipinski definition) is 5. The molecule has 0 unspecified atom stereocenters. The van der Waals surface area contributed by atoms with Crippen molar-refractivity contribution in [3.8, 4) is 5.75 Å². The van der Waals surface area contributed by atoms with Gasteiger partial charge in [-0.1, -0.05) is 40.9 Å². The van der Waals surface area contributed by atoms with Crippen LogP contribution in [0.3, 0.4) is 0 Å². The third-order valence-corrected chi connectivity index (χ3v) is 5.09. The number of aryl methyl sites for hydroxylation is 1. The van der Waals surface area contributed by atoms with Gasteiger partial charge in [0.05, 0.1) is 16.3 Å². The number of ether oxygens (including phenoxy) is 1. The Morgan fingerprint density at radius 3 is 2.21 bits per heavy atom. The predicted octanol–water partition coefficient (Wildman–Crippen LogP) is 4.41. The molecule has 3 aromatic rings. The molecular weight excluding hydrogens is 479 g/mol. The van der Waals surface area contributed by atoms with Gasteiger partial charge in [0.25, 0.3) is 5.91 Å². The van der Waals surface area contributed by atoms with Crippen molar-refractivity contribution in [3.63, 3.8) is 0 Å². The Bertz CT molecular complexity index is 1210. The van der Waals surface area contributed by atoms with Crippen LogP contribution in [0.2, 0.25) is 10.0 Å². The van der Waals surface area contributed by atoms with Crippen molar-refractivity contribution >= 4 is 58.5 Å². The molecule has 3 N–H and O–H groups in total. The van der Waals surface area contributed by atoms with E-state index < -0.39 is 11.8 Å². The van der Waals surface area contributed by atoms with Crippen molar-refractivity contribution in [1.82, 2.24) is 5.43 Å². The van der Waals surface area contributed by atoms with Crippen LogP contribution in [0.4, 0.5) is 11.4 Å². The molecule has 8 nitrogen and oxygen atoms in total. The number of carbonyl (C=O) groups is 3. The van der Waals surface area contributed by atoms with Gasteiger partial charge in [0, 0.05) is 11.4 Å². The summed E-state index contributed by atoms with van der Waals surface area (Å²) in [4.78, 5) is 35.8. The van der Waals surface area contributed by atoms with Crippen LogP contribution in [-0.2, 0) is 14.4 Å². The topological polar surface area (TPSA) is 109 Å². The monoisotopic (exact) mass is 498 g/mol. The third kappa shape index (κ3) is 7.61. The molecule has 0 aliphatic heterocycles. The normalized spacial score (nSPS) is 10.6. The molecule has 0 spiro atoms. The van der Waals surface area contributed by atoms with E-state index in [0.29, 0.717) is 27.7 Å². The summed E-state index contributed by atoms with van der Waals surface area (Å²) in [6.07, 6.45) is 1.36. The molecule has 0 saturated carbocycles. The summed E-state index contributed by atoms with van der Waals surface area (Å²) in [6, 6.07) is 18.5. The quantitative estimate of drug-likeness (QED) is 0.254. The Labute approximate surface area is 205 Å². The summed E-state index contributed by atoms with van der Waals surface area (Å²) in [7, 11) is 0. The minimum absolute atomic E-state index is 0.148. The highest BCUT2D eigenvalue weighted by Gasteiger charge is 2.13. The number of nitrogens with one attached hydrogen (secondary N) is 3. The third-order valence-electron chi connectivity index (χ3n) is 4.35. The van der Waals surface area contributed by atoms with Gasteiger partial charge < -0.3 is 15.4 Å². The number of amides is 3. The first kappa shape index (κ1) is 24.8. The molecule has 0 aliphatic rings. The van der Waals surface area contributed by atoms with Gasteiger partial charge >= 0.3 is 11.8 Å². The Balaban J connectivity index is 1.43. The van der Waals surface area contributed by atoms with Crippen molar-refractivity contribution in [3.05, 3.63) is 87.9 Å². The highest BCUT2D eigenvalue weighted by molar-refractivity contribution is 6.43. The fourth-order valence-corrected chi connectivity index (χ4v) is 2.91. The molecule has 3 rings (SSSR count). The summed E-state index contributed by atoms with van der Waals surface area (Å²) < 4.78 is 5.47. The molecule has 0 bridgehead atoms. The Morgan fingerprint density at radius 2 is 1.53 bits per heavy atom. The van der Waals surface area contributed by atoms with Gasteiger partial charge in [-0.15, -0.1) is 0 Å². The maximum Gasteiger partial charge on any atom is 0.329 e. The van der Waals surface area contributed by atoms with E-state index in [1.807, 2.05) is 31.2 Å². The fourth-order valence-electron chi connectivity index (χ4n) is 2.61. The van der Waals surface area contributed by atoms with E-state index in [0.717, 1.165) is 5.56 Å². The van der Waals surface area contributed by atoms with E-state index in [1.54, 1.807) is 24.3 Å². The van der Waals surface area contributed by atoms with Crippen molar-refractivity contribution < 1.29 is 19.1 Å². The first-order valence-electron chi connectivity index (χ1n) is 9.99. The van der Waals surface area contributed by atoms with Gasteiger partial charge in [0.1, 0.15) is 5.75 Å². The van der Waals surface area contributed by atoms with Crippen LogP contribution in [0.5, 0.6) is 5.75 Å². The zero-order valence-corrected chi connectivity index (χ0v) is 19.5. The number of hydrogen-bond donors (Lipinski definition) is 3. The molecule has 174 valence electrons. The summed E-state index contributed by atoms with van der Waals surface area (Å²) in [5, 5.41) is 9.47.